The number of nitrogens with zero attached hydrogens (tertiary/aromatic N) is 3. The second-order valence-electron chi connectivity index (χ2n) is 11.0. The Labute approximate surface area is 235 Å². The fourth-order valence-electron chi connectivity index (χ4n) is 7.20. The monoisotopic (exact) mass is 515 g/mol. The Bertz CT molecular complexity index is 1880. The third kappa shape index (κ3) is 3.36. The molecule has 1 aromatic heterocycles. The first-order chi connectivity index (χ1) is 19.8. The fourth-order valence-corrected chi connectivity index (χ4v) is 7.20. The first kappa shape index (κ1) is 23.1. The molecule has 4 aliphatic rings. The zero-order valence-corrected chi connectivity index (χ0v) is 22.3. The van der Waals surface area contributed by atoms with Crippen molar-refractivity contribution < 1.29 is 0 Å². The molecule has 8 rings (SSSR count). The zero-order valence-electron chi connectivity index (χ0n) is 22.3. The predicted molar refractivity (Wildman–Crippen MR) is 164 cm³/mol. The molecule has 192 valence electrons. The molecule has 0 radical (unpaired) electrons. The van der Waals surface area contributed by atoms with Gasteiger partial charge in [-0.05, 0) is 60.8 Å². The number of hydrogen-bond acceptors (Lipinski definition) is 2. The average Bonchev–Trinajstić information content (AvgIpc) is 3.54. The molecule has 0 fully saturated rings. The van der Waals surface area contributed by atoms with Crippen LogP contribution in [-0.4, -0.2) is 4.57 Å². The van der Waals surface area contributed by atoms with Crippen LogP contribution in [0, 0.1) is 17.2 Å². The van der Waals surface area contributed by atoms with Gasteiger partial charge in [0.25, 0.3) is 0 Å². The molecule has 0 bridgehead atoms. The van der Waals surface area contributed by atoms with Crippen LogP contribution in [-0.2, 0) is 6.42 Å². The van der Waals surface area contributed by atoms with Crippen molar-refractivity contribution in [3.8, 4) is 6.07 Å². The highest BCUT2D eigenvalue weighted by Crippen LogP contribution is 2.53. The highest BCUT2D eigenvalue weighted by atomic mass is 15.2. The summed E-state index contributed by atoms with van der Waals surface area (Å²) in [7, 11) is 0. The number of rotatable bonds is 3. The lowest BCUT2D eigenvalue weighted by atomic mass is 9.88. The molecule has 0 saturated carbocycles. The smallest absolute Gasteiger partial charge is 0.0701 e. The Morgan fingerprint density at radius 3 is 2.60 bits per heavy atom. The van der Waals surface area contributed by atoms with Crippen LogP contribution in [0.25, 0.3) is 22.2 Å². The molecule has 3 nitrogen and oxygen atoms in total. The van der Waals surface area contributed by atoms with E-state index in [1.165, 1.54) is 61.6 Å². The maximum absolute atomic E-state index is 9.68. The molecule has 0 spiro atoms. The molecule has 0 saturated heterocycles. The first-order valence-electron chi connectivity index (χ1n) is 14.3. The molecular weight excluding hydrogens is 486 g/mol. The number of para-hydroxylation sites is 3. The number of allylic oxidation sites excluding steroid dienone is 9. The maximum atomic E-state index is 9.68. The SMILES string of the molecule is N#CC1C=CC=C(n2c3c(c4ccccc42)C(c2ccccc2N2C4=CC=CCC4c4ccccc42)=CCC3)C1. The second-order valence-corrected chi connectivity index (χ2v) is 11.0. The van der Waals surface area contributed by atoms with Gasteiger partial charge in [0.1, 0.15) is 0 Å². The Kier molecular flexibility index (Phi) is 5.28. The summed E-state index contributed by atoms with van der Waals surface area (Å²) in [5.74, 6) is 0.309. The van der Waals surface area contributed by atoms with Crippen LogP contribution in [0.2, 0.25) is 0 Å². The van der Waals surface area contributed by atoms with Gasteiger partial charge < -0.3 is 9.47 Å². The van der Waals surface area contributed by atoms with Gasteiger partial charge in [0.05, 0.1) is 23.2 Å². The third-order valence-corrected chi connectivity index (χ3v) is 8.86. The summed E-state index contributed by atoms with van der Waals surface area (Å²) in [6, 6.07) is 29.1. The van der Waals surface area contributed by atoms with Gasteiger partial charge in [0.2, 0.25) is 0 Å². The number of hydrogen-bond donors (Lipinski definition) is 0. The van der Waals surface area contributed by atoms with E-state index in [-0.39, 0.29) is 5.92 Å². The van der Waals surface area contributed by atoms with Crippen LogP contribution >= 0.6 is 0 Å². The molecule has 0 N–H and O–H groups in total. The third-order valence-electron chi connectivity index (χ3n) is 8.86. The molecule has 2 heterocycles. The molecule has 2 atom stereocenters. The van der Waals surface area contributed by atoms with Gasteiger partial charge in [-0.3, -0.25) is 0 Å². The number of fused-ring (bicyclic) bond motifs is 6. The summed E-state index contributed by atoms with van der Waals surface area (Å²) in [6.45, 7) is 0. The van der Waals surface area contributed by atoms with E-state index >= 15 is 0 Å². The van der Waals surface area contributed by atoms with E-state index < -0.39 is 0 Å². The number of benzene rings is 3. The van der Waals surface area contributed by atoms with E-state index in [1.807, 2.05) is 6.08 Å². The van der Waals surface area contributed by atoms with Crippen molar-refractivity contribution >= 4 is 33.5 Å². The lowest BCUT2D eigenvalue weighted by Gasteiger charge is -2.28. The average molecular weight is 516 g/mol. The van der Waals surface area contributed by atoms with Crippen LogP contribution in [0.5, 0.6) is 0 Å². The molecular formula is C37H29N3. The Morgan fingerprint density at radius 2 is 1.68 bits per heavy atom. The molecule has 4 aromatic rings. The highest BCUT2D eigenvalue weighted by molar-refractivity contribution is 6.03. The van der Waals surface area contributed by atoms with Crippen LogP contribution in [0.4, 0.5) is 11.4 Å². The van der Waals surface area contributed by atoms with Crippen LogP contribution < -0.4 is 4.90 Å². The number of nitriles is 1. The lowest BCUT2D eigenvalue weighted by Crippen LogP contribution is -2.17. The van der Waals surface area contributed by atoms with Crippen molar-refractivity contribution in [3.63, 3.8) is 0 Å². The largest absolute Gasteiger partial charge is 0.317 e. The van der Waals surface area contributed by atoms with E-state index in [4.69, 9.17) is 0 Å². The van der Waals surface area contributed by atoms with Gasteiger partial charge in [0.15, 0.2) is 0 Å². The molecule has 1 aliphatic heterocycles. The summed E-state index contributed by atoms with van der Waals surface area (Å²) in [4.78, 5) is 2.50. The summed E-state index contributed by atoms with van der Waals surface area (Å²) in [5, 5.41) is 11.0. The predicted octanol–water partition coefficient (Wildman–Crippen LogP) is 9.04. The minimum atomic E-state index is -0.0860. The van der Waals surface area contributed by atoms with E-state index in [0.29, 0.717) is 5.92 Å². The summed E-state index contributed by atoms with van der Waals surface area (Å²) in [5.41, 5.74) is 13.0. The van der Waals surface area contributed by atoms with Crippen molar-refractivity contribution in [2.24, 2.45) is 5.92 Å². The van der Waals surface area contributed by atoms with Crippen LogP contribution in [0.1, 0.15) is 47.6 Å². The minimum Gasteiger partial charge on any atom is -0.317 e. The van der Waals surface area contributed by atoms with E-state index in [2.05, 4.69) is 125 Å². The normalized spacial score (nSPS) is 20.8. The summed E-state index contributed by atoms with van der Waals surface area (Å²) >= 11 is 0. The second kappa shape index (κ2) is 9.14. The molecule has 3 aromatic carbocycles. The number of anilines is 2. The minimum absolute atomic E-state index is 0.0860. The maximum Gasteiger partial charge on any atom is 0.0701 e. The van der Waals surface area contributed by atoms with Gasteiger partial charge in [-0.25, -0.2) is 0 Å². The van der Waals surface area contributed by atoms with Crippen molar-refractivity contribution in [1.29, 1.82) is 5.26 Å². The van der Waals surface area contributed by atoms with Gasteiger partial charge in [-0.15, -0.1) is 0 Å². The van der Waals surface area contributed by atoms with Gasteiger partial charge >= 0.3 is 0 Å². The fraction of sp³-hybridized carbons (Fsp3) is 0.162. The van der Waals surface area contributed by atoms with Crippen LogP contribution in [0.3, 0.4) is 0 Å². The van der Waals surface area contributed by atoms with Crippen molar-refractivity contribution in [2.45, 2.75) is 31.6 Å². The molecule has 40 heavy (non-hydrogen) atoms. The quantitative estimate of drug-likeness (QED) is 0.273. The topological polar surface area (TPSA) is 32.0 Å². The summed E-state index contributed by atoms with van der Waals surface area (Å²) < 4.78 is 2.45. The van der Waals surface area contributed by atoms with Crippen LogP contribution in [0.15, 0.2) is 121 Å². The lowest BCUT2D eigenvalue weighted by molar-refractivity contribution is 0.792. The molecule has 0 amide bonds. The highest BCUT2D eigenvalue weighted by Gasteiger charge is 2.36. The standard InChI is InChI=1S/C37H29N3/c38-24-25-11-9-12-26(23-25)39-35-21-8-4-16-31(35)37-30(17-10-22-36(37)39)29-15-3-7-20-34(29)40-32-18-5-1-13-27(32)28-14-2-6-19-33(28)40/h1-9,11-13,15-21,25,28H,10,14,22-23H2. The van der Waals surface area contributed by atoms with Crippen molar-refractivity contribution in [3.05, 3.63) is 143 Å². The van der Waals surface area contributed by atoms with E-state index in [9.17, 15) is 5.26 Å². The van der Waals surface area contributed by atoms with E-state index in [0.717, 1.165) is 25.7 Å². The molecule has 3 aliphatic carbocycles. The Balaban J connectivity index is 1.33. The Morgan fingerprint density at radius 1 is 0.850 bits per heavy atom. The van der Waals surface area contributed by atoms with Crippen molar-refractivity contribution in [2.75, 3.05) is 4.90 Å². The first-order valence-corrected chi connectivity index (χ1v) is 14.3. The molecule has 2 unspecified atom stereocenters. The summed E-state index contributed by atoms with van der Waals surface area (Å²) in [6.07, 6.45) is 19.2. The van der Waals surface area contributed by atoms with Gasteiger partial charge in [-0.2, -0.15) is 5.26 Å². The van der Waals surface area contributed by atoms with Gasteiger partial charge in [-0.1, -0.05) is 85.0 Å². The van der Waals surface area contributed by atoms with Crippen molar-refractivity contribution in [1.82, 2.24) is 4.57 Å². The Hall–Kier alpha value is -4.81. The molecule has 3 heteroatoms. The van der Waals surface area contributed by atoms with E-state index in [1.54, 1.807) is 0 Å². The van der Waals surface area contributed by atoms with Gasteiger partial charge in [0, 0.05) is 51.6 Å². The zero-order chi connectivity index (χ0) is 26.6. The number of aromatic nitrogens is 1.